The maximum Gasteiger partial charge on any atom is 0.220 e. The number of unbranched alkanes of at least 4 members (excludes halogenated alkanes) is 30. The minimum Gasteiger partial charge on any atom is -0.394 e. The second kappa shape index (κ2) is 42.8. The van der Waals surface area contributed by atoms with E-state index in [4.69, 9.17) is 18.9 Å². The lowest BCUT2D eigenvalue weighted by Crippen LogP contribution is -2.65. The van der Waals surface area contributed by atoms with E-state index in [1.807, 2.05) is 13.0 Å². The number of amides is 1. The number of carbonyl (C=O) groups excluding carboxylic acids is 1. The van der Waals surface area contributed by atoms with Crippen LogP contribution in [0.1, 0.15) is 232 Å². The standard InChI is InChI=1S/C56H105NO13/c1-3-5-7-8-9-10-11-12-13-14-15-16-17-18-19-20-21-22-23-24-25-26-27-28-29-30-31-32-33-34-35-36-38-40-48(61)57-44(45(60)39-37-6-4-2)43-67-55-53(66)51(64)54(47(42-59)69-55)70-56-52(65)50(63)49(62)46(41-58)68-56/h14-15,37,39,44-47,49-56,58-60,62-66H,3-13,16-36,38,40-43H2,1-2H3,(H,57,61)/b15-14-,39-37+. The van der Waals surface area contributed by atoms with E-state index >= 15 is 0 Å². The Bertz CT molecular complexity index is 1270. The highest BCUT2D eigenvalue weighted by molar-refractivity contribution is 5.76. The van der Waals surface area contributed by atoms with Crippen LogP contribution in [0.15, 0.2) is 24.3 Å². The third kappa shape index (κ3) is 28.8. The Labute approximate surface area is 424 Å². The summed E-state index contributed by atoms with van der Waals surface area (Å²) in [6.07, 6.45) is 33.8. The maximum atomic E-state index is 13.0. The van der Waals surface area contributed by atoms with Crippen molar-refractivity contribution in [1.82, 2.24) is 5.32 Å². The summed E-state index contributed by atoms with van der Waals surface area (Å²) in [5.74, 6) is -0.248. The molecule has 2 saturated heterocycles. The van der Waals surface area contributed by atoms with Crippen LogP contribution in [0.3, 0.4) is 0 Å². The molecule has 0 bridgehead atoms. The third-order valence-corrected chi connectivity index (χ3v) is 14.1. The van der Waals surface area contributed by atoms with E-state index in [0.717, 1.165) is 32.1 Å². The SMILES string of the molecule is CCC/C=C/C(O)C(COC1OC(CO)C(OC2OC(CO)C(O)C(O)C2O)C(O)C1O)NC(=O)CCCCCCCCCCCCCCCCCCCCCCC/C=C\CCCCCCCCCC. The first-order chi connectivity index (χ1) is 34.1. The number of rotatable bonds is 45. The molecule has 0 aromatic carbocycles. The number of hydrogen-bond donors (Lipinski definition) is 9. The predicted molar refractivity (Wildman–Crippen MR) is 277 cm³/mol. The first-order valence-corrected chi connectivity index (χ1v) is 28.6. The second-order valence-electron chi connectivity index (χ2n) is 20.4. The molecule has 2 aliphatic rings. The largest absolute Gasteiger partial charge is 0.394 e. The van der Waals surface area contributed by atoms with Crippen molar-refractivity contribution in [1.29, 1.82) is 0 Å². The molecule has 412 valence electrons. The molecule has 0 spiro atoms. The number of allylic oxidation sites excluding steroid dienone is 3. The van der Waals surface area contributed by atoms with Crippen LogP contribution in [0.4, 0.5) is 0 Å². The average Bonchev–Trinajstić information content (AvgIpc) is 3.36. The Morgan fingerprint density at radius 3 is 1.39 bits per heavy atom. The number of aliphatic hydroxyl groups excluding tert-OH is 8. The van der Waals surface area contributed by atoms with Gasteiger partial charge in [-0.15, -0.1) is 0 Å². The number of nitrogens with one attached hydrogen (secondary N) is 1. The first-order valence-electron chi connectivity index (χ1n) is 28.6. The van der Waals surface area contributed by atoms with Crippen LogP contribution in [-0.4, -0.2) is 140 Å². The molecule has 12 unspecified atom stereocenters. The molecule has 0 aliphatic carbocycles. The predicted octanol–water partition coefficient (Wildman–Crippen LogP) is 8.89. The highest BCUT2D eigenvalue weighted by atomic mass is 16.7. The van der Waals surface area contributed by atoms with Gasteiger partial charge in [0.2, 0.25) is 5.91 Å². The summed E-state index contributed by atoms with van der Waals surface area (Å²) in [6.45, 7) is 2.57. The molecule has 14 nitrogen and oxygen atoms in total. The zero-order valence-corrected chi connectivity index (χ0v) is 44.0. The summed E-state index contributed by atoms with van der Waals surface area (Å²) >= 11 is 0. The molecule has 1 amide bonds. The van der Waals surface area contributed by atoms with Crippen LogP contribution >= 0.6 is 0 Å². The molecule has 2 aliphatic heterocycles. The van der Waals surface area contributed by atoms with Crippen molar-refractivity contribution >= 4 is 5.91 Å². The summed E-state index contributed by atoms with van der Waals surface area (Å²) < 4.78 is 22.5. The Morgan fingerprint density at radius 2 is 0.929 bits per heavy atom. The molecule has 0 aromatic heterocycles. The van der Waals surface area contributed by atoms with Gasteiger partial charge in [-0.2, -0.15) is 0 Å². The molecule has 0 aromatic rings. The van der Waals surface area contributed by atoms with E-state index < -0.39 is 86.8 Å². The monoisotopic (exact) mass is 1000 g/mol. The molecule has 2 heterocycles. The fraction of sp³-hybridized carbons (Fsp3) is 0.911. The normalized spacial score (nSPS) is 26.1. The van der Waals surface area contributed by atoms with E-state index in [1.54, 1.807) is 6.08 Å². The van der Waals surface area contributed by atoms with Gasteiger partial charge in [0.25, 0.3) is 0 Å². The van der Waals surface area contributed by atoms with Crippen molar-refractivity contribution in [2.75, 3.05) is 19.8 Å². The molecule has 0 saturated carbocycles. The first kappa shape index (κ1) is 64.6. The van der Waals surface area contributed by atoms with Gasteiger partial charge in [0, 0.05) is 6.42 Å². The second-order valence-corrected chi connectivity index (χ2v) is 20.4. The van der Waals surface area contributed by atoms with Crippen LogP contribution in [0.5, 0.6) is 0 Å². The number of carbonyl (C=O) groups is 1. The Morgan fingerprint density at radius 1 is 0.500 bits per heavy atom. The van der Waals surface area contributed by atoms with Gasteiger partial charge < -0.3 is 65.1 Å². The van der Waals surface area contributed by atoms with Gasteiger partial charge in [0.05, 0.1) is 32.0 Å². The van der Waals surface area contributed by atoms with Crippen molar-refractivity contribution in [2.45, 2.75) is 306 Å². The van der Waals surface area contributed by atoms with Crippen LogP contribution in [0.25, 0.3) is 0 Å². The highest BCUT2D eigenvalue weighted by Crippen LogP contribution is 2.30. The highest BCUT2D eigenvalue weighted by Gasteiger charge is 2.51. The van der Waals surface area contributed by atoms with Gasteiger partial charge in [-0.05, 0) is 38.5 Å². The van der Waals surface area contributed by atoms with Gasteiger partial charge in [0.1, 0.15) is 48.8 Å². The molecular weight excluding hydrogens is 895 g/mol. The quantitative estimate of drug-likeness (QED) is 0.0205. The van der Waals surface area contributed by atoms with Gasteiger partial charge in [-0.25, -0.2) is 0 Å². The lowest BCUT2D eigenvalue weighted by atomic mass is 9.97. The van der Waals surface area contributed by atoms with Gasteiger partial charge in [0.15, 0.2) is 12.6 Å². The molecular formula is C56H105NO13. The smallest absolute Gasteiger partial charge is 0.220 e. The van der Waals surface area contributed by atoms with Crippen molar-refractivity contribution in [2.24, 2.45) is 0 Å². The fourth-order valence-electron chi connectivity index (χ4n) is 9.47. The fourth-order valence-corrected chi connectivity index (χ4v) is 9.47. The maximum absolute atomic E-state index is 13.0. The van der Waals surface area contributed by atoms with E-state index in [-0.39, 0.29) is 18.9 Å². The van der Waals surface area contributed by atoms with E-state index in [0.29, 0.717) is 6.42 Å². The van der Waals surface area contributed by atoms with Crippen molar-refractivity contribution in [3.8, 4) is 0 Å². The summed E-state index contributed by atoms with van der Waals surface area (Å²) in [4.78, 5) is 13.0. The van der Waals surface area contributed by atoms with Crippen molar-refractivity contribution in [3.63, 3.8) is 0 Å². The minimum absolute atomic E-state index is 0.248. The summed E-state index contributed by atoms with van der Waals surface area (Å²) in [6, 6.07) is -0.906. The number of aliphatic hydroxyl groups is 8. The van der Waals surface area contributed by atoms with Gasteiger partial charge in [-0.3, -0.25) is 4.79 Å². The summed E-state index contributed by atoms with van der Waals surface area (Å²) in [7, 11) is 0. The molecule has 0 radical (unpaired) electrons. The Kier molecular flexibility index (Phi) is 39.5. The van der Waals surface area contributed by atoms with Crippen LogP contribution in [0, 0.1) is 0 Å². The molecule has 14 heteroatoms. The van der Waals surface area contributed by atoms with Gasteiger partial charge in [-0.1, -0.05) is 212 Å². The van der Waals surface area contributed by atoms with Gasteiger partial charge >= 0.3 is 0 Å². The van der Waals surface area contributed by atoms with Crippen molar-refractivity contribution < 1.29 is 64.6 Å². The van der Waals surface area contributed by atoms with Crippen LogP contribution < -0.4 is 5.32 Å². The molecule has 2 rings (SSSR count). The number of hydrogen-bond acceptors (Lipinski definition) is 13. The zero-order valence-electron chi connectivity index (χ0n) is 44.0. The zero-order chi connectivity index (χ0) is 51.0. The minimum atomic E-state index is -1.78. The van der Waals surface area contributed by atoms with E-state index in [2.05, 4.69) is 24.4 Å². The molecule has 2 fully saturated rings. The topological polar surface area (TPSA) is 228 Å². The Hall–Kier alpha value is -1.53. The number of ether oxygens (including phenoxy) is 4. The molecule has 9 N–H and O–H groups in total. The summed E-state index contributed by atoms with van der Waals surface area (Å²) in [5, 5.41) is 85.9. The molecule has 70 heavy (non-hydrogen) atoms. The lowest BCUT2D eigenvalue weighted by Gasteiger charge is -2.46. The third-order valence-electron chi connectivity index (χ3n) is 14.1. The van der Waals surface area contributed by atoms with Crippen LogP contribution in [-0.2, 0) is 23.7 Å². The average molecular weight is 1000 g/mol. The van der Waals surface area contributed by atoms with E-state index in [9.17, 15) is 45.6 Å². The van der Waals surface area contributed by atoms with E-state index in [1.165, 1.54) is 173 Å². The van der Waals surface area contributed by atoms with Crippen molar-refractivity contribution in [3.05, 3.63) is 24.3 Å². The summed E-state index contributed by atoms with van der Waals surface area (Å²) in [5.41, 5.74) is 0. The molecule has 12 atom stereocenters. The lowest BCUT2D eigenvalue weighted by molar-refractivity contribution is -0.359. The van der Waals surface area contributed by atoms with Crippen LogP contribution in [0.2, 0.25) is 0 Å². The Balaban J connectivity index is 1.49.